The summed E-state index contributed by atoms with van der Waals surface area (Å²) in [6, 6.07) is 9.99. The SMILES string of the molecule is COC(=O)CC(NC(=O)C(CC(C)C)n1cc(CCN(C)C)ccc1=O)c1cncc(-c2c(C)cccc2C)c1. The van der Waals surface area contributed by atoms with E-state index in [1.807, 2.05) is 72.1 Å². The zero-order valence-electron chi connectivity index (χ0n) is 24.7. The Morgan fingerprint density at radius 1 is 1.07 bits per heavy atom. The Kier molecular flexibility index (Phi) is 10.8. The van der Waals surface area contributed by atoms with Crippen LogP contribution in [0.2, 0.25) is 0 Å². The molecule has 3 aromatic rings. The Morgan fingerprint density at radius 2 is 1.77 bits per heavy atom. The summed E-state index contributed by atoms with van der Waals surface area (Å²) in [7, 11) is 5.32. The number of nitrogens with zero attached hydrogens (tertiary/aromatic N) is 3. The number of pyridine rings is 2. The number of benzene rings is 1. The van der Waals surface area contributed by atoms with Crippen molar-refractivity contribution in [3.05, 3.63) is 87.6 Å². The van der Waals surface area contributed by atoms with Gasteiger partial charge in [0, 0.05) is 36.8 Å². The first kappa shape index (κ1) is 30.8. The molecule has 3 rings (SSSR count). The summed E-state index contributed by atoms with van der Waals surface area (Å²) in [5.74, 6) is -0.626. The summed E-state index contributed by atoms with van der Waals surface area (Å²) in [5.41, 5.74) is 5.62. The lowest BCUT2D eigenvalue weighted by Crippen LogP contribution is -2.40. The number of carbonyl (C=O) groups excluding carboxylic acids is 2. The highest BCUT2D eigenvalue weighted by Gasteiger charge is 2.27. The molecule has 0 fully saturated rings. The Balaban J connectivity index is 1.99. The molecule has 0 bridgehead atoms. The molecule has 0 radical (unpaired) electrons. The number of methoxy groups -OCH3 is 1. The molecule has 1 amide bonds. The molecule has 2 heterocycles. The highest BCUT2D eigenvalue weighted by molar-refractivity contribution is 5.82. The molecule has 2 aromatic heterocycles. The van der Waals surface area contributed by atoms with Gasteiger partial charge in [-0.15, -0.1) is 0 Å². The summed E-state index contributed by atoms with van der Waals surface area (Å²) in [4.78, 5) is 45.8. The molecule has 0 aliphatic heterocycles. The van der Waals surface area contributed by atoms with Crippen molar-refractivity contribution >= 4 is 11.9 Å². The van der Waals surface area contributed by atoms with Crippen LogP contribution in [0.4, 0.5) is 0 Å². The Bertz CT molecular complexity index is 1360. The molecule has 40 heavy (non-hydrogen) atoms. The number of carbonyl (C=O) groups is 2. The second-order valence-electron chi connectivity index (χ2n) is 11.1. The minimum atomic E-state index is -0.735. The lowest BCUT2D eigenvalue weighted by Gasteiger charge is -2.26. The van der Waals surface area contributed by atoms with Gasteiger partial charge < -0.3 is 19.5 Å². The van der Waals surface area contributed by atoms with Crippen LogP contribution in [0.15, 0.2) is 59.8 Å². The van der Waals surface area contributed by atoms with Gasteiger partial charge in [0.05, 0.1) is 19.6 Å². The van der Waals surface area contributed by atoms with Crippen LogP contribution in [0.3, 0.4) is 0 Å². The van der Waals surface area contributed by atoms with Gasteiger partial charge in [-0.2, -0.15) is 0 Å². The second kappa shape index (κ2) is 14.0. The molecular weight excluding hydrogens is 504 g/mol. The fourth-order valence-corrected chi connectivity index (χ4v) is 4.91. The van der Waals surface area contributed by atoms with Crippen LogP contribution in [0, 0.1) is 19.8 Å². The number of aryl methyl sites for hydroxylation is 2. The standard InChI is InChI=1S/C32H42N4O4/c1-21(2)15-28(36-20-24(11-12-29(36)37)13-14-35(5)6)32(39)34-27(17-30(38)40-7)25-16-26(19-33-18-25)31-22(3)9-8-10-23(31)4/h8-12,16,18-21,27-28H,13-15,17H2,1-7H3,(H,34,39). The third kappa shape index (κ3) is 8.11. The van der Waals surface area contributed by atoms with Crippen molar-refractivity contribution in [2.45, 2.75) is 59.0 Å². The van der Waals surface area contributed by atoms with Crippen molar-refractivity contribution < 1.29 is 14.3 Å². The largest absolute Gasteiger partial charge is 0.469 e. The maximum absolute atomic E-state index is 13.9. The fraction of sp³-hybridized carbons (Fsp3) is 0.438. The van der Waals surface area contributed by atoms with Gasteiger partial charge in [0.1, 0.15) is 6.04 Å². The van der Waals surface area contributed by atoms with E-state index in [1.54, 1.807) is 18.6 Å². The van der Waals surface area contributed by atoms with Crippen LogP contribution < -0.4 is 10.9 Å². The second-order valence-corrected chi connectivity index (χ2v) is 11.1. The van der Waals surface area contributed by atoms with Gasteiger partial charge in [0.25, 0.3) is 5.56 Å². The molecule has 1 aromatic carbocycles. The van der Waals surface area contributed by atoms with Gasteiger partial charge in [-0.1, -0.05) is 38.1 Å². The van der Waals surface area contributed by atoms with E-state index in [9.17, 15) is 14.4 Å². The van der Waals surface area contributed by atoms with E-state index in [-0.39, 0.29) is 23.8 Å². The van der Waals surface area contributed by atoms with Crippen LogP contribution in [-0.2, 0) is 20.7 Å². The molecule has 8 nitrogen and oxygen atoms in total. The molecule has 0 saturated carbocycles. The van der Waals surface area contributed by atoms with Gasteiger partial charge in [0.2, 0.25) is 5.91 Å². The molecule has 0 saturated heterocycles. The van der Waals surface area contributed by atoms with Crippen LogP contribution in [0.1, 0.15) is 61.0 Å². The van der Waals surface area contributed by atoms with Crippen LogP contribution in [-0.4, -0.2) is 54.1 Å². The predicted molar refractivity (Wildman–Crippen MR) is 158 cm³/mol. The highest BCUT2D eigenvalue weighted by atomic mass is 16.5. The molecule has 0 aliphatic rings. The van der Waals surface area contributed by atoms with E-state index >= 15 is 0 Å². The third-order valence-electron chi connectivity index (χ3n) is 7.03. The number of ether oxygens (including phenoxy) is 1. The predicted octanol–water partition coefficient (Wildman–Crippen LogP) is 4.64. The Hall–Kier alpha value is -3.78. The molecule has 8 heteroatoms. The highest BCUT2D eigenvalue weighted by Crippen LogP contribution is 2.30. The number of hydrogen-bond acceptors (Lipinski definition) is 6. The van der Waals surface area contributed by atoms with Crippen LogP contribution in [0.5, 0.6) is 0 Å². The number of esters is 1. The third-order valence-corrected chi connectivity index (χ3v) is 7.03. The van der Waals surface area contributed by atoms with E-state index in [1.165, 1.54) is 17.7 Å². The summed E-state index contributed by atoms with van der Waals surface area (Å²) in [6.07, 6.45) is 6.40. The molecule has 2 unspecified atom stereocenters. The van der Waals surface area contributed by atoms with Gasteiger partial charge in [-0.25, -0.2) is 0 Å². The average molecular weight is 547 g/mol. The van der Waals surface area contributed by atoms with Crippen LogP contribution >= 0.6 is 0 Å². The molecule has 0 aliphatic carbocycles. The molecule has 1 N–H and O–H groups in total. The van der Waals surface area contributed by atoms with Crippen LogP contribution in [0.25, 0.3) is 11.1 Å². The zero-order chi connectivity index (χ0) is 29.4. The lowest BCUT2D eigenvalue weighted by atomic mass is 9.94. The number of nitrogens with one attached hydrogen (secondary N) is 1. The van der Waals surface area contributed by atoms with Crippen molar-refractivity contribution in [1.29, 1.82) is 0 Å². The lowest BCUT2D eigenvalue weighted by molar-refractivity contribution is -0.141. The normalized spacial score (nSPS) is 12.8. The maximum Gasteiger partial charge on any atom is 0.307 e. The minimum absolute atomic E-state index is 0.0632. The summed E-state index contributed by atoms with van der Waals surface area (Å²) >= 11 is 0. The van der Waals surface area contributed by atoms with E-state index < -0.39 is 18.1 Å². The number of likely N-dealkylation sites (N-methyl/N-ethyl adjacent to an activating group) is 1. The molecule has 0 spiro atoms. The van der Waals surface area contributed by atoms with Crippen molar-refractivity contribution in [3.8, 4) is 11.1 Å². The first-order chi connectivity index (χ1) is 19.0. The first-order valence-corrected chi connectivity index (χ1v) is 13.7. The van der Waals surface area contributed by atoms with Gasteiger partial charge in [-0.05, 0) is 80.6 Å². The topological polar surface area (TPSA) is 93.5 Å². The summed E-state index contributed by atoms with van der Waals surface area (Å²) in [5, 5.41) is 3.06. The number of hydrogen-bond donors (Lipinski definition) is 1. The molecular formula is C32H42N4O4. The monoisotopic (exact) mass is 546 g/mol. The quantitative estimate of drug-likeness (QED) is 0.333. The zero-order valence-corrected chi connectivity index (χ0v) is 24.7. The van der Waals surface area contributed by atoms with Crippen molar-refractivity contribution in [2.75, 3.05) is 27.7 Å². The Morgan fingerprint density at radius 3 is 2.40 bits per heavy atom. The van der Waals surface area contributed by atoms with E-state index in [2.05, 4.69) is 15.2 Å². The van der Waals surface area contributed by atoms with E-state index in [0.717, 1.165) is 40.8 Å². The van der Waals surface area contributed by atoms with Gasteiger partial charge in [-0.3, -0.25) is 19.4 Å². The molecule has 214 valence electrons. The maximum atomic E-state index is 13.9. The number of amides is 1. The smallest absolute Gasteiger partial charge is 0.307 e. The van der Waals surface area contributed by atoms with Crippen molar-refractivity contribution in [1.82, 2.24) is 19.8 Å². The minimum Gasteiger partial charge on any atom is -0.469 e. The summed E-state index contributed by atoms with van der Waals surface area (Å²) in [6.45, 7) is 8.95. The van der Waals surface area contributed by atoms with E-state index in [4.69, 9.17) is 4.74 Å². The number of rotatable bonds is 12. The van der Waals surface area contributed by atoms with Gasteiger partial charge >= 0.3 is 5.97 Å². The number of aromatic nitrogens is 2. The first-order valence-electron chi connectivity index (χ1n) is 13.7. The van der Waals surface area contributed by atoms with Crippen molar-refractivity contribution in [2.24, 2.45) is 5.92 Å². The van der Waals surface area contributed by atoms with E-state index in [0.29, 0.717) is 12.0 Å². The fourth-order valence-electron chi connectivity index (χ4n) is 4.91. The summed E-state index contributed by atoms with van der Waals surface area (Å²) < 4.78 is 6.49. The van der Waals surface area contributed by atoms with Gasteiger partial charge in [0.15, 0.2) is 0 Å². The average Bonchev–Trinajstić information content (AvgIpc) is 2.90. The van der Waals surface area contributed by atoms with Crippen molar-refractivity contribution in [3.63, 3.8) is 0 Å². The Labute approximate surface area is 237 Å². The molecule has 2 atom stereocenters.